The Kier molecular flexibility index (Phi) is 4.94. The molecule has 0 saturated carbocycles. The first-order valence-corrected chi connectivity index (χ1v) is 8.20. The summed E-state index contributed by atoms with van der Waals surface area (Å²) in [6.07, 6.45) is 5.19. The second-order valence-electron chi connectivity index (χ2n) is 6.12. The van der Waals surface area contributed by atoms with Crippen molar-refractivity contribution in [3.05, 3.63) is 84.1 Å². The number of hydrogen-bond donors (Lipinski definition) is 1. The van der Waals surface area contributed by atoms with Gasteiger partial charge in [0.1, 0.15) is 0 Å². The Hall–Kier alpha value is -2.32. The molecule has 1 N–H and O–H groups in total. The summed E-state index contributed by atoms with van der Waals surface area (Å²) in [5.74, 6) is 0. The molecule has 0 unspecified atom stereocenters. The Morgan fingerprint density at radius 2 is 1.96 bits per heavy atom. The van der Waals surface area contributed by atoms with E-state index in [2.05, 4.69) is 78.1 Å². The number of aromatic nitrogens is 1. The maximum absolute atomic E-state index is 3.90. The van der Waals surface area contributed by atoms with Gasteiger partial charge in [0.2, 0.25) is 0 Å². The van der Waals surface area contributed by atoms with Crippen LogP contribution in [0.5, 0.6) is 0 Å². The van der Waals surface area contributed by atoms with Crippen LogP contribution in [0.1, 0.15) is 16.7 Å². The maximum atomic E-state index is 3.90. The molecule has 0 aliphatic carbocycles. The highest BCUT2D eigenvalue weighted by Crippen LogP contribution is 2.20. The van der Waals surface area contributed by atoms with Gasteiger partial charge in [0.15, 0.2) is 0 Å². The Morgan fingerprint density at radius 3 is 2.74 bits per heavy atom. The largest absolute Gasteiger partial charge is 0.361 e. The van der Waals surface area contributed by atoms with Crippen molar-refractivity contribution in [2.75, 3.05) is 13.1 Å². The zero-order valence-corrected chi connectivity index (χ0v) is 13.8. The number of hydrogen-bond acceptors (Lipinski definition) is 1. The van der Waals surface area contributed by atoms with Crippen molar-refractivity contribution in [2.45, 2.75) is 19.9 Å². The van der Waals surface area contributed by atoms with Crippen molar-refractivity contribution in [2.24, 2.45) is 0 Å². The van der Waals surface area contributed by atoms with Crippen LogP contribution < -0.4 is 0 Å². The number of aromatic amines is 1. The van der Waals surface area contributed by atoms with Crippen LogP contribution in [0.3, 0.4) is 0 Å². The van der Waals surface area contributed by atoms with Crippen LogP contribution in [0, 0.1) is 6.92 Å². The molecule has 118 valence electrons. The second-order valence-corrected chi connectivity index (χ2v) is 6.12. The highest BCUT2D eigenvalue weighted by Gasteiger charge is 2.08. The second kappa shape index (κ2) is 7.30. The van der Waals surface area contributed by atoms with Crippen LogP contribution in [0.25, 0.3) is 10.9 Å². The topological polar surface area (TPSA) is 19.0 Å². The lowest BCUT2D eigenvalue weighted by atomic mass is 10.1. The molecule has 0 bridgehead atoms. The molecule has 0 amide bonds. The molecule has 1 heterocycles. The van der Waals surface area contributed by atoms with Crippen LogP contribution in [0.4, 0.5) is 0 Å². The summed E-state index contributed by atoms with van der Waals surface area (Å²) in [6, 6.07) is 17.2. The van der Waals surface area contributed by atoms with Crippen LogP contribution in [0.2, 0.25) is 0 Å². The third-order valence-corrected chi connectivity index (χ3v) is 4.26. The average Bonchev–Trinajstić information content (AvgIpc) is 2.96. The molecule has 0 spiro atoms. The van der Waals surface area contributed by atoms with Gasteiger partial charge < -0.3 is 4.98 Å². The molecular formula is C21H24N2. The van der Waals surface area contributed by atoms with Crippen molar-refractivity contribution in [3.8, 4) is 0 Å². The third kappa shape index (κ3) is 3.91. The fourth-order valence-corrected chi connectivity index (χ4v) is 3.04. The number of nitrogens with zero attached hydrogens (tertiary/aromatic N) is 1. The number of benzene rings is 2. The first kappa shape index (κ1) is 15.6. The molecule has 0 radical (unpaired) electrons. The van der Waals surface area contributed by atoms with E-state index >= 15 is 0 Å². The van der Waals surface area contributed by atoms with Crippen molar-refractivity contribution in [1.29, 1.82) is 0 Å². The minimum Gasteiger partial charge on any atom is -0.361 e. The highest BCUT2D eigenvalue weighted by atomic mass is 15.1. The zero-order valence-electron chi connectivity index (χ0n) is 13.8. The van der Waals surface area contributed by atoms with E-state index in [-0.39, 0.29) is 0 Å². The van der Waals surface area contributed by atoms with Gasteiger partial charge in [0.25, 0.3) is 0 Å². The van der Waals surface area contributed by atoms with Crippen molar-refractivity contribution < 1.29 is 0 Å². The van der Waals surface area contributed by atoms with Crippen LogP contribution in [0.15, 0.2) is 67.4 Å². The fourth-order valence-electron chi connectivity index (χ4n) is 3.04. The Balaban J connectivity index is 1.70. The Bertz CT molecular complexity index is 771. The van der Waals surface area contributed by atoms with Gasteiger partial charge in [0, 0.05) is 36.7 Å². The van der Waals surface area contributed by atoms with Gasteiger partial charge in [-0.25, -0.2) is 0 Å². The quantitative estimate of drug-likeness (QED) is 0.626. The minimum absolute atomic E-state index is 0.913. The first-order valence-electron chi connectivity index (χ1n) is 8.20. The molecule has 0 saturated heterocycles. The molecule has 1 aromatic heterocycles. The number of fused-ring (bicyclic) bond motifs is 1. The molecular weight excluding hydrogens is 280 g/mol. The molecule has 3 rings (SSSR count). The van der Waals surface area contributed by atoms with E-state index in [9.17, 15) is 0 Å². The standard InChI is InChI=1S/C21H24N2/c1-3-12-23(16-18-7-5-4-6-8-18)13-11-19-15-22-21-10-9-17(2)14-20(19)21/h3-10,14-15,22H,1,11-13,16H2,2H3. The monoisotopic (exact) mass is 304 g/mol. The number of rotatable bonds is 7. The van der Waals surface area contributed by atoms with Gasteiger partial charge in [-0.1, -0.05) is 48.0 Å². The number of nitrogens with one attached hydrogen (secondary N) is 1. The van der Waals surface area contributed by atoms with Gasteiger partial charge >= 0.3 is 0 Å². The normalized spacial score (nSPS) is 11.2. The summed E-state index contributed by atoms with van der Waals surface area (Å²) < 4.78 is 0. The van der Waals surface area contributed by atoms with Crippen molar-refractivity contribution in [1.82, 2.24) is 9.88 Å². The van der Waals surface area contributed by atoms with Crippen LogP contribution in [-0.4, -0.2) is 23.0 Å². The molecule has 0 fully saturated rings. The molecule has 3 aromatic rings. The molecule has 0 aliphatic rings. The van der Waals surface area contributed by atoms with Crippen LogP contribution in [-0.2, 0) is 13.0 Å². The minimum atomic E-state index is 0.913. The fraction of sp³-hybridized carbons (Fsp3) is 0.238. The molecule has 0 aliphatic heterocycles. The van der Waals surface area contributed by atoms with Crippen molar-refractivity contribution >= 4 is 10.9 Å². The van der Waals surface area contributed by atoms with Gasteiger partial charge in [-0.05, 0) is 36.6 Å². The summed E-state index contributed by atoms with van der Waals surface area (Å²) in [5, 5.41) is 1.35. The molecule has 23 heavy (non-hydrogen) atoms. The SMILES string of the molecule is C=CCN(CCc1c[nH]c2ccc(C)cc12)Cc1ccccc1. The van der Waals surface area contributed by atoms with E-state index in [1.165, 1.54) is 27.6 Å². The maximum Gasteiger partial charge on any atom is 0.0456 e. The highest BCUT2D eigenvalue weighted by molar-refractivity contribution is 5.83. The number of H-pyrrole nitrogens is 1. The third-order valence-electron chi connectivity index (χ3n) is 4.26. The predicted molar refractivity (Wildman–Crippen MR) is 98.7 cm³/mol. The summed E-state index contributed by atoms with van der Waals surface area (Å²) in [6.45, 7) is 8.96. The molecule has 2 heteroatoms. The summed E-state index contributed by atoms with van der Waals surface area (Å²) in [4.78, 5) is 5.82. The molecule has 2 aromatic carbocycles. The van der Waals surface area contributed by atoms with E-state index in [0.29, 0.717) is 0 Å². The predicted octanol–water partition coefficient (Wildman–Crippen LogP) is 4.71. The Labute approximate surface area is 138 Å². The first-order chi connectivity index (χ1) is 11.3. The van der Waals surface area contributed by atoms with Crippen molar-refractivity contribution in [3.63, 3.8) is 0 Å². The number of aryl methyl sites for hydroxylation is 1. The lowest BCUT2D eigenvalue weighted by Gasteiger charge is -2.20. The smallest absolute Gasteiger partial charge is 0.0456 e. The molecule has 0 atom stereocenters. The summed E-state index contributed by atoms with van der Waals surface area (Å²) in [5.41, 5.74) is 5.28. The van der Waals surface area contributed by atoms with Gasteiger partial charge in [-0.15, -0.1) is 6.58 Å². The van der Waals surface area contributed by atoms with Crippen LogP contribution >= 0.6 is 0 Å². The molecule has 2 nitrogen and oxygen atoms in total. The average molecular weight is 304 g/mol. The summed E-state index contributed by atoms with van der Waals surface area (Å²) in [7, 11) is 0. The van der Waals surface area contributed by atoms with E-state index in [4.69, 9.17) is 0 Å². The summed E-state index contributed by atoms with van der Waals surface area (Å²) >= 11 is 0. The lowest BCUT2D eigenvalue weighted by Crippen LogP contribution is -2.25. The Morgan fingerprint density at radius 1 is 1.13 bits per heavy atom. The van der Waals surface area contributed by atoms with E-state index in [1.807, 2.05) is 6.08 Å². The van der Waals surface area contributed by atoms with E-state index in [0.717, 1.165) is 26.1 Å². The zero-order chi connectivity index (χ0) is 16.1. The van der Waals surface area contributed by atoms with Gasteiger partial charge in [-0.2, -0.15) is 0 Å². The van der Waals surface area contributed by atoms with Gasteiger partial charge in [-0.3, -0.25) is 4.90 Å². The lowest BCUT2D eigenvalue weighted by molar-refractivity contribution is 0.299. The van der Waals surface area contributed by atoms with E-state index in [1.54, 1.807) is 0 Å². The van der Waals surface area contributed by atoms with E-state index < -0.39 is 0 Å². The van der Waals surface area contributed by atoms with Gasteiger partial charge in [0.05, 0.1) is 0 Å².